The van der Waals surface area contributed by atoms with Crippen LogP contribution < -0.4 is 4.90 Å². The Bertz CT molecular complexity index is 374. The fraction of sp³-hybridized carbons (Fsp3) is 0.615. The Labute approximate surface area is 102 Å². The van der Waals surface area contributed by atoms with Crippen LogP contribution in [0.2, 0.25) is 0 Å². The fourth-order valence-corrected chi connectivity index (χ4v) is 2.24. The Balaban J connectivity index is 2.06. The Kier molecular flexibility index (Phi) is 3.97. The predicted molar refractivity (Wildman–Crippen MR) is 67.1 cm³/mol. The summed E-state index contributed by atoms with van der Waals surface area (Å²) >= 11 is 0. The molecule has 0 saturated carbocycles. The number of hydrogen-bond acceptors (Lipinski definition) is 4. The lowest BCUT2D eigenvalue weighted by atomic mass is 10.1. The topological polar surface area (TPSA) is 45.6 Å². The molecule has 0 unspecified atom stereocenters. The average Bonchev–Trinajstić information content (AvgIpc) is 2.39. The standard InChI is InChI=1S/C13H20N2O2/c1-10-11(9-16)3-4-13(14-10)15-7-5-12(17-2)6-8-15/h3-4,12,16H,5-9H2,1-2H3. The minimum atomic E-state index is 0.0604. The first kappa shape index (κ1) is 12.3. The summed E-state index contributed by atoms with van der Waals surface area (Å²) in [6, 6.07) is 3.95. The number of aliphatic hydroxyl groups excluding tert-OH is 1. The van der Waals surface area contributed by atoms with Crippen molar-refractivity contribution in [1.82, 2.24) is 4.98 Å². The van der Waals surface area contributed by atoms with Crippen LogP contribution in [0.15, 0.2) is 12.1 Å². The highest BCUT2D eigenvalue weighted by atomic mass is 16.5. The van der Waals surface area contributed by atoms with E-state index in [0.717, 1.165) is 43.0 Å². The van der Waals surface area contributed by atoms with Crippen LogP contribution in [-0.2, 0) is 11.3 Å². The second-order valence-corrected chi connectivity index (χ2v) is 4.49. The molecule has 0 aliphatic carbocycles. The number of piperidine rings is 1. The molecule has 4 heteroatoms. The van der Waals surface area contributed by atoms with Crippen LogP contribution in [0.25, 0.3) is 0 Å². The van der Waals surface area contributed by atoms with Crippen molar-refractivity contribution in [3.8, 4) is 0 Å². The minimum Gasteiger partial charge on any atom is -0.392 e. The van der Waals surface area contributed by atoms with Gasteiger partial charge in [-0.15, -0.1) is 0 Å². The summed E-state index contributed by atoms with van der Waals surface area (Å²) in [5, 5.41) is 9.12. The van der Waals surface area contributed by atoms with Crippen molar-refractivity contribution >= 4 is 5.82 Å². The van der Waals surface area contributed by atoms with E-state index < -0.39 is 0 Å². The Morgan fingerprint density at radius 2 is 2.12 bits per heavy atom. The van der Waals surface area contributed by atoms with E-state index >= 15 is 0 Å². The molecule has 1 aliphatic rings. The van der Waals surface area contributed by atoms with E-state index in [4.69, 9.17) is 9.84 Å². The van der Waals surface area contributed by atoms with Crippen molar-refractivity contribution in [3.05, 3.63) is 23.4 Å². The van der Waals surface area contributed by atoms with Crippen LogP contribution >= 0.6 is 0 Å². The molecular formula is C13H20N2O2. The van der Waals surface area contributed by atoms with E-state index in [1.807, 2.05) is 19.1 Å². The van der Waals surface area contributed by atoms with E-state index in [2.05, 4.69) is 9.88 Å². The number of nitrogens with zero attached hydrogens (tertiary/aromatic N) is 2. The molecule has 0 atom stereocenters. The molecular weight excluding hydrogens is 216 g/mol. The molecule has 2 heterocycles. The number of ether oxygens (including phenoxy) is 1. The number of rotatable bonds is 3. The van der Waals surface area contributed by atoms with Gasteiger partial charge in [0.25, 0.3) is 0 Å². The lowest BCUT2D eigenvalue weighted by molar-refractivity contribution is 0.0818. The largest absolute Gasteiger partial charge is 0.392 e. The molecule has 17 heavy (non-hydrogen) atoms. The summed E-state index contributed by atoms with van der Waals surface area (Å²) in [7, 11) is 1.78. The van der Waals surface area contributed by atoms with Crippen LogP contribution in [0.3, 0.4) is 0 Å². The zero-order chi connectivity index (χ0) is 12.3. The Morgan fingerprint density at radius 3 is 2.65 bits per heavy atom. The Morgan fingerprint density at radius 1 is 1.41 bits per heavy atom. The number of pyridine rings is 1. The van der Waals surface area contributed by atoms with Gasteiger partial charge in [-0.1, -0.05) is 6.07 Å². The van der Waals surface area contributed by atoms with Gasteiger partial charge in [-0.05, 0) is 31.4 Å². The van der Waals surface area contributed by atoms with Crippen molar-refractivity contribution in [3.63, 3.8) is 0 Å². The van der Waals surface area contributed by atoms with Gasteiger partial charge in [0, 0.05) is 25.9 Å². The third-order valence-electron chi connectivity index (χ3n) is 3.45. The lowest BCUT2D eigenvalue weighted by Gasteiger charge is -2.32. The quantitative estimate of drug-likeness (QED) is 0.864. The molecule has 1 aromatic rings. The summed E-state index contributed by atoms with van der Waals surface area (Å²) in [6.07, 6.45) is 2.50. The molecule has 0 radical (unpaired) electrons. The minimum absolute atomic E-state index is 0.0604. The molecule has 1 fully saturated rings. The molecule has 0 spiro atoms. The van der Waals surface area contributed by atoms with Crippen LogP contribution in [0.1, 0.15) is 24.1 Å². The molecule has 1 aromatic heterocycles. The summed E-state index contributed by atoms with van der Waals surface area (Å²) in [5.41, 5.74) is 1.82. The van der Waals surface area contributed by atoms with Gasteiger partial charge in [0.05, 0.1) is 12.7 Å². The molecule has 1 saturated heterocycles. The van der Waals surface area contributed by atoms with Gasteiger partial charge in [-0.2, -0.15) is 0 Å². The first-order valence-electron chi connectivity index (χ1n) is 6.09. The lowest BCUT2D eigenvalue weighted by Crippen LogP contribution is -2.37. The first-order chi connectivity index (χ1) is 8.24. The van der Waals surface area contributed by atoms with Crippen molar-refractivity contribution in [2.75, 3.05) is 25.1 Å². The van der Waals surface area contributed by atoms with Gasteiger partial charge in [0.2, 0.25) is 0 Å². The smallest absolute Gasteiger partial charge is 0.128 e. The number of aryl methyl sites for hydroxylation is 1. The molecule has 0 bridgehead atoms. The molecule has 0 amide bonds. The van der Waals surface area contributed by atoms with Crippen LogP contribution in [0.4, 0.5) is 5.82 Å². The molecule has 1 N–H and O–H groups in total. The maximum Gasteiger partial charge on any atom is 0.128 e. The zero-order valence-electron chi connectivity index (χ0n) is 10.5. The van der Waals surface area contributed by atoms with Crippen LogP contribution in [0, 0.1) is 6.92 Å². The summed E-state index contributed by atoms with van der Waals surface area (Å²) in [6.45, 7) is 3.98. The van der Waals surface area contributed by atoms with Gasteiger partial charge < -0.3 is 14.7 Å². The molecule has 94 valence electrons. The number of hydrogen-bond donors (Lipinski definition) is 1. The highest BCUT2D eigenvalue weighted by Gasteiger charge is 2.19. The third kappa shape index (κ3) is 2.76. The van der Waals surface area contributed by atoms with E-state index in [1.54, 1.807) is 7.11 Å². The highest BCUT2D eigenvalue weighted by Crippen LogP contribution is 2.20. The van der Waals surface area contributed by atoms with Gasteiger partial charge >= 0.3 is 0 Å². The SMILES string of the molecule is COC1CCN(c2ccc(CO)c(C)n2)CC1. The van der Waals surface area contributed by atoms with E-state index in [-0.39, 0.29) is 6.61 Å². The number of anilines is 1. The molecule has 2 rings (SSSR count). The first-order valence-corrected chi connectivity index (χ1v) is 6.09. The van der Waals surface area contributed by atoms with Gasteiger partial charge in [-0.3, -0.25) is 0 Å². The van der Waals surface area contributed by atoms with E-state index in [1.165, 1.54) is 0 Å². The van der Waals surface area contributed by atoms with Crippen LogP contribution in [-0.4, -0.2) is 36.4 Å². The van der Waals surface area contributed by atoms with E-state index in [0.29, 0.717) is 6.10 Å². The van der Waals surface area contributed by atoms with Gasteiger partial charge in [0.1, 0.15) is 5.82 Å². The summed E-state index contributed by atoms with van der Waals surface area (Å²) in [4.78, 5) is 6.83. The second-order valence-electron chi connectivity index (χ2n) is 4.49. The predicted octanol–water partition coefficient (Wildman–Crippen LogP) is 1.50. The van der Waals surface area contributed by atoms with Crippen molar-refractivity contribution < 1.29 is 9.84 Å². The van der Waals surface area contributed by atoms with Crippen LogP contribution in [0.5, 0.6) is 0 Å². The number of aromatic nitrogens is 1. The summed E-state index contributed by atoms with van der Waals surface area (Å²) in [5.74, 6) is 1.01. The highest BCUT2D eigenvalue weighted by molar-refractivity contribution is 5.42. The van der Waals surface area contributed by atoms with Crippen molar-refractivity contribution in [2.45, 2.75) is 32.5 Å². The maximum atomic E-state index is 9.12. The van der Waals surface area contributed by atoms with Crippen molar-refractivity contribution in [2.24, 2.45) is 0 Å². The normalized spacial score (nSPS) is 17.5. The Hall–Kier alpha value is -1.13. The van der Waals surface area contributed by atoms with Gasteiger partial charge in [-0.25, -0.2) is 4.98 Å². The summed E-state index contributed by atoms with van der Waals surface area (Å²) < 4.78 is 5.36. The van der Waals surface area contributed by atoms with Crippen molar-refractivity contribution in [1.29, 1.82) is 0 Å². The molecule has 1 aliphatic heterocycles. The molecule has 0 aromatic carbocycles. The van der Waals surface area contributed by atoms with Gasteiger partial charge in [0.15, 0.2) is 0 Å². The fourth-order valence-electron chi connectivity index (χ4n) is 2.24. The monoisotopic (exact) mass is 236 g/mol. The average molecular weight is 236 g/mol. The maximum absolute atomic E-state index is 9.12. The molecule has 4 nitrogen and oxygen atoms in total. The number of aliphatic hydroxyl groups is 1. The van der Waals surface area contributed by atoms with E-state index in [9.17, 15) is 0 Å². The zero-order valence-corrected chi connectivity index (χ0v) is 10.5. The number of methoxy groups -OCH3 is 1. The second kappa shape index (κ2) is 5.47. The third-order valence-corrected chi connectivity index (χ3v) is 3.45.